The van der Waals surface area contributed by atoms with Crippen molar-refractivity contribution in [1.82, 2.24) is 0 Å². The van der Waals surface area contributed by atoms with Crippen molar-refractivity contribution in [3.8, 4) is 0 Å². The Balaban J connectivity index is 3.57. The van der Waals surface area contributed by atoms with Gasteiger partial charge in [-0.15, -0.1) is 5.73 Å². The molecule has 0 spiro atoms. The van der Waals surface area contributed by atoms with Gasteiger partial charge in [-0.1, -0.05) is 18.2 Å². The first kappa shape index (κ1) is 9.26. The molecule has 0 fully saturated rings. The molecule has 0 aliphatic heterocycles. The van der Waals surface area contributed by atoms with Gasteiger partial charge in [0.05, 0.1) is 0 Å². The highest BCUT2D eigenvalue weighted by Gasteiger charge is 1.84. The topological polar surface area (TPSA) is 0 Å². The van der Waals surface area contributed by atoms with Crippen molar-refractivity contribution in [1.29, 1.82) is 0 Å². The van der Waals surface area contributed by atoms with E-state index in [1.807, 2.05) is 0 Å². The standard InChI is InChI=1S/C10H16/c1-5-10(4)8-6-7-9(2)3/h7H,1,6,8H2,2-4H3. The van der Waals surface area contributed by atoms with Crippen LogP contribution >= 0.6 is 0 Å². The molecule has 0 atom stereocenters. The Bertz CT molecular complexity index is 162. The first-order valence-corrected chi connectivity index (χ1v) is 3.65. The van der Waals surface area contributed by atoms with Crippen LogP contribution in [0.1, 0.15) is 33.6 Å². The maximum Gasteiger partial charge on any atom is -0.0212 e. The SMILES string of the molecule is C=C=C(C)CCC=C(C)C. The summed E-state index contributed by atoms with van der Waals surface area (Å²) in [7, 11) is 0. The minimum atomic E-state index is 1.09. The third-order valence-electron chi connectivity index (χ3n) is 1.37. The predicted molar refractivity (Wildman–Crippen MR) is 47.0 cm³/mol. The molecule has 0 aromatic carbocycles. The summed E-state index contributed by atoms with van der Waals surface area (Å²) in [5.74, 6) is 0. The van der Waals surface area contributed by atoms with Crippen molar-refractivity contribution in [2.24, 2.45) is 0 Å². The van der Waals surface area contributed by atoms with E-state index in [0.29, 0.717) is 0 Å². The molecule has 0 heteroatoms. The quantitative estimate of drug-likeness (QED) is 0.411. The van der Waals surface area contributed by atoms with Crippen LogP contribution < -0.4 is 0 Å². The average molecular weight is 136 g/mol. The second-order valence-corrected chi connectivity index (χ2v) is 2.78. The summed E-state index contributed by atoms with van der Waals surface area (Å²) in [5.41, 5.74) is 5.51. The fraction of sp³-hybridized carbons (Fsp3) is 0.500. The Hall–Kier alpha value is -0.740. The summed E-state index contributed by atoms with van der Waals surface area (Å²) in [6, 6.07) is 0. The van der Waals surface area contributed by atoms with Crippen LogP contribution in [-0.4, -0.2) is 0 Å². The highest BCUT2D eigenvalue weighted by molar-refractivity contribution is 4.99. The molecule has 0 amide bonds. The zero-order chi connectivity index (χ0) is 7.98. The third-order valence-corrected chi connectivity index (χ3v) is 1.37. The lowest BCUT2D eigenvalue weighted by Gasteiger charge is -1.92. The van der Waals surface area contributed by atoms with Gasteiger partial charge in [-0.3, -0.25) is 0 Å². The highest BCUT2D eigenvalue weighted by atomic mass is 13.9. The molecule has 0 bridgehead atoms. The first-order valence-electron chi connectivity index (χ1n) is 3.65. The van der Waals surface area contributed by atoms with Crippen molar-refractivity contribution in [2.45, 2.75) is 33.6 Å². The Morgan fingerprint density at radius 3 is 2.40 bits per heavy atom. The van der Waals surface area contributed by atoms with Crippen LogP contribution in [0, 0.1) is 0 Å². The third kappa shape index (κ3) is 5.40. The molecule has 0 saturated heterocycles. The fourth-order valence-corrected chi connectivity index (χ4v) is 0.666. The average Bonchev–Trinajstić information content (AvgIpc) is 1.87. The van der Waals surface area contributed by atoms with E-state index in [1.165, 1.54) is 11.1 Å². The molecule has 0 nitrogen and oxygen atoms in total. The number of hydrogen-bond acceptors (Lipinski definition) is 0. The zero-order valence-electron chi connectivity index (χ0n) is 7.20. The van der Waals surface area contributed by atoms with Crippen LogP contribution in [0.2, 0.25) is 0 Å². The fourth-order valence-electron chi connectivity index (χ4n) is 0.666. The van der Waals surface area contributed by atoms with E-state index in [2.05, 4.69) is 39.2 Å². The van der Waals surface area contributed by atoms with Crippen molar-refractivity contribution in [3.05, 3.63) is 29.5 Å². The summed E-state index contributed by atoms with van der Waals surface area (Å²) < 4.78 is 0. The van der Waals surface area contributed by atoms with Crippen LogP contribution in [-0.2, 0) is 0 Å². The molecule has 0 unspecified atom stereocenters. The molecular formula is C10H16. The molecule has 0 heterocycles. The molecule has 0 N–H and O–H groups in total. The largest absolute Gasteiger partial charge is 0.130 e. The summed E-state index contributed by atoms with van der Waals surface area (Å²) >= 11 is 0. The molecule has 0 aliphatic carbocycles. The van der Waals surface area contributed by atoms with Crippen LogP contribution in [0.5, 0.6) is 0 Å². The number of allylic oxidation sites excluding steroid dienone is 3. The van der Waals surface area contributed by atoms with Gasteiger partial charge in [0.15, 0.2) is 0 Å². The predicted octanol–water partition coefficient (Wildman–Crippen LogP) is 3.46. The lowest BCUT2D eigenvalue weighted by Crippen LogP contribution is -1.73. The van der Waals surface area contributed by atoms with Crippen LogP contribution in [0.15, 0.2) is 29.5 Å². The van der Waals surface area contributed by atoms with Crippen LogP contribution in [0.3, 0.4) is 0 Å². The van der Waals surface area contributed by atoms with Gasteiger partial charge in [-0.05, 0) is 39.2 Å². The van der Waals surface area contributed by atoms with Gasteiger partial charge in [0.1, 0.15) is 0 Å². The van der Waals surface area contributed by atoms with Gasteiger partial charge < -0.3 is 0 Å². The van der Waals surface area contributed by atoms with E-state index >= 15 is 0 Å². The molecule has 56 valence electrons. The first-order chi connectivity index (χ1) is 4.66. The van der Waals surface area contributed by atoms with E-state index in [4.69, 9.17) is 0 Å². The maximum absolute atomic E-state index is 3.58. The monoisotopic (exact) mass is 136 g/mol. The van der Waals surface area contributed by atoms with E-state index < -0.39 is 0 Å². The van der Waals surface area contributed by atoms with E-state index in [-0.39, 0.29) is 0 Å². The van der Waals surface area contributed by atoms with Gasteiger partial charge in [-0.2, -0.15) is 0 Å². The molecule has 0 aliphatic rings. The van der Waals surface area contributed by atoms with Crippen molar-refractivity contribution >= 4 is 0 Å². The van der Waals surface area contributed by atoms with E-state index in [0.717, 1.165) is 12.8 Å². The Kier molecular flexibility index (Phi) is 4.70. The van der Waals surface area contributed by atoms with E-state index in [1.54, 1.807) is 0 Å². The lowest BCUT2D eigenvalue weighted by molar-refractivity contribution is 0.970. The molecule has 0 aromatic rings. The molecule has 0 radical (unpaired) electrons. The smallest absolute Gasteiger partial charge is 0.0212 e. The Morgan fingerprint density at radius 1 is 1.40 bits per heavy atom. The van der Waals surface area contributed by atoms with Gasteiger partial charge >= 0.3 is 0 Å². The summed E-state index contributed by atoms with van der Waals surface area (Å²) in [4.78, 5) is 0. The molecule has 0 aromatic heterocycles. The highest BCUT2D eigenvalue weighted by Crippen LogP contribution is 2.03. The van der Waals surface area contributed by atoms with Crippen molar-refractivity contribution < 1.29 is 0 Å². The van der Waals surface area contributed by atoms with Crippen molar-refractivity contribution in [2.75, 3.05) is 0 Å². The summed E-state index contributed by atoms with van der Waals surface area (Å²) in [6.07, 6.45) is 4.45. The van der Waals surface area contributed by atoms with Gasteiger partial charge in [-0.25, -0.2) is 0 Å². The van der Waals surface area contributed by atoms with E-state index in [9.17, 15) is 0 Å². The Morgan fingerprint density at radius 2 is 2.00 bits per heavy atom. The zero-order valence-corrected chi connectivity index (χ0v) is 7.20. The normalized spacial score (nSPS) is 8.30. The van der Waals surface area contributed by atoms with Gasteiger partial charge in [0.25, 0.3) is 0 Å². The minimum absolute atomic E-state index is 1.09. The minimum Gasteiger partial charge on any atom is -0.130 e. The van der Waals surface area contributed by atoms with Crippen LogP contribution in [0.25, 0.3) is 0 Å². The van der Waals surface area contributed by atoms with Gasteiger partial charge in [0, 0.05) is 0 Å². The Labute approximate surface area is 64.0 Å². The second kappa shape index (κ2) is 5.08. The van der Waals surface area contributed by atoms with Crippen LogP contribution in [0.4, 0.5) is 0 Å². The summed E-state index contributed by atoms with van der Waals surface area (Å²) in [5, 5.41) is 0. The van der Waals surface area contributed by atoms with Gasteiger partial charge in [0.2, 0.25) is 0 Å². The molecular weight excluding hydrogens is 120 g/mol. The molecule has 0 saturated carbocycles. The molecule has 0 rings (SSSR count). The lowest BCUT2D eigenvalue weighted by atomic mass is 10.1. The maximum atomic E-state index is 3.58. The number of rotatable bonds is 3. The second-order valence-electron chi connectivity index (χ2n) is 2.78. The number of hydrogen-bond donors (Lipinski definition) is 0. The summed E-state index contributed by atoms with van der Waals surface area (Å²) in [6.45, 7) is 9.87. The van der Waals surface area contributed by atoms with Crippen molar-refractivity contribution in [3.63, 3.8) is 0 Å². The molecule has 10 heavy (non-hydrogen) atoms.